The molecule has 0 aromatic rings. The number of carbonyl (C=O) groups excluding carboxylic acids is 3. The number of Topliss-reactive ketones (excluding diaryl/α,β-unsaturated/α-hetero) is 1. The van der Waals surface area contributed by atoms with Crippen molar-refractivity contribution in [2.75, 3.05) is 38.7 Å². The first-order chi connectivity index (χ1) is 11.9. The summed E-state index contributed by atoms with van der Waals surface area (Å²) in [6.07, 6.45) is 1.54. The number of thiol groups is 1. The van der Waals surface area contributed by atoms with Crippen LogP contribution in [0.4, 0.5) is 0 Å². The molecule has 0 unspecified atom stereocenters. The Labute approximate surface area is 156 Å². The van der Waals surface area contributed by atoms with Crippen molar-refractivity contribution in [1.29, 1.82) is 0 Å². The van der Waals surface area contributed by atoms with E-state index in [2.05, 4.69) is 23.3 Å². The smallest absolute Gasteiger partial charge is 0.243 e. The maximum atomic E-state index is 11.9. The third-order valence-corrected chi connectivity index (χ3v) is 3.73. The second-order valence-corrected chi connectivity index (χ2v) is 6.30. The van der Waals surface area contributed by atoms with Crippen molar-refractivity contribution in [3.05, 3.63) is 0 Å². The fourth-order valence-electron chi connectivity index (χ4n) is 1.84. The molecule has 0 aliphatic heterocycles. The minimum absolute atomic E-state index is 0.0382. The minimum Gasteiger partial charge on any atom is -0.379 e. The molecule has 0 saturated heterocycles. The molecule has 0 rings (SSSR count). The van der Waals surface area contributed by atoms with Gasteiger partial charge in [-0.1, -0.05) is 20.8 Å². The third kappa shape index (κ3) is 12.8. The lowest BCUT2D eigenvalue weighted by Crippen LogP contribution is -2.48. The summed E-state index contributed by atoms with van der Waals surface area (Å²) in [5.74, 6) is 0.0442. The molecule has 0 aromatic carbocycles. The molecule has 2 amide bonds. The number of hydrogen-bond donors (Lipinski definition) is 3. The maximum absolute atomic E-state index is 11.9. The number of amides is 2. The van der Waals surface area contributed by atoms with E-state index in [4.69, 9.17) is 9.47 Å². The van der Waals surface area contributed by atoms with Crippen LogP contribution in [0.2, 0.25) is 0 Å². The molecule has 0 spiro atoms. The molecule has 2 N–H and O–H groups in total. The van der Waals surface area contributed by atoms with E-state index in [1.807, 2.05) is 20.8 Å². The zero-order valence-corrected chi connectivity index (χ0v) is 16.4. The number of nitrogens with one attached hydrogen (secondary N) is 2. The van der Waals surface area contributed by atoms with Crippen molar-refractivity contribution in [1.82, 2.24) is 10.6 Å². The molecule has 0 aromatic heterocycles. The van der Waals surface area contributed by atoms with Crippen LogP contribution in [0.1, 0.15) is 40.0 Å². The highest BCUT2D eigenvalue weighted by Gasteiger charge is 2.18. The molecular formula is C17H32N2O5S. The number of carbonyl (C=O) groups is 3. The Morgan fingerprint density at radius 3 is 2.20 bits per heavy atom. The van der Waals surface area contributed by atoms with Crippen LogP contribution >= 0.6 is 12.6 Å². The highest BCUT2D eigenvalue weighted by Crippen LogP contribution is 1.98. The van der Waals surface area contributed by atoms with Gasteiger partial charge in [-0.25, -0.2) is 0 Å². The Balaban J connectivity index is 3.64. The molecule has 1 atom stereocenters. The average Bonchev–Trinajstić information content (AvgIpc) is 2.57. The largest absolute Gasteiger partial charge is 0.379 e. The zero-order valence-electron chi connectivity index (χ0n) is 15.5. The van der Waals surface area contributed by atoms with Crippen LogP contribution in [0.15, 0.2) is 0 Å². The van der Waals surface area contributed by atoms with E-state index in [1.54, 1.807) is 0 Å². The normalized spacial score (nSPS) is 12.0. The van der Waals surface area contributed by atoms with Crippen LogP contribution in [0.3, 0.4) is 0 Å². The summed E-state index contributed by atoms with van der Waals surface area (Å²) in [4.78, 5) is 34.8. The van der Waals surface area contributed by atoms with Gasteiger partial charge in [0.15, 0.2) is 0 Å². The molecule has 0 fully saturated rings. The molecule has 0 radical (unpaired) electrons. The predicted octanol–water partition coefficient (Wildman–Crippen LogP) is 0.966. The average molecular weight is 377 g/mol. The summed E-state index contributed by atoms with van der Waals surface area (Å²) in [6.45, 7) is 7.54. The van der Waals surface area contributed by atoms with E-state index in [9.17, 15) is 14.4 Å². The van der Waals surface area contributed by atoms with Crippen LogP contribution < -0.4 is 10.6 Å². The Bertz CT molecular complexity index is 404. The lowest BCUT2D eigenvalue weighted by molar-refractivity contribution is -0.128. The summed E-state index contributed by atoms with van der Waals surface area (Å²) in [7, 11) is 0. The van der Waals surface area contributed by atoms with Crippen molar-refractivity contribution < 1.29 is 23.9 Å². The van der Waals surface area contributed by atoms with Gasteiger partial charge in [0, 0.05) is 31.1 Å². The quantitative estimate of drug-likeness (QED) is 0.292. The standard InChI is InChI=1S/C17H32N2O5S/c1-4-5-16(21)19-14(12-25)17(22)18-7-9-24-11-10-23-8-6-15(20)13(2)3/h13-14,25H,4-12H2,1-3H3,(H,18,22)(H,19,21)/t14-/m0/s1. The first-order valence-corrected chi connectivity index (χ1v) is 9.41. The minimum atomic E-state index is -0.635. The fraction of sp³-hybridized carbons (Fsp3) is 0.824. The molecule has 0 aliphatic rings. The molecule has 0 heterocycles. The lowest BCUT2D eigenvalue weighted by Gasteiger charge is -2.16. The molecule has 0 aliphatic carbocycles. The van der Waals surface area contributed by atoms with Gasteiger partial charge in [0.1, 0.15) is 11.8 Å². The summed E-state index contributed by atoms with van der Waals surface area (Å²) in [5.41, 5.74) is 0. The summed E-state index contributed by atoms with van der Waals surface area (Å²) in [6, 6.07) is -0.635. The van der Waals surface area contributed by atoms with E-state index in [-0.39, 0.29) is 29.3 Å². The highest BCUT2D eigenvalue weighted by molar-refractivity contribution is 7.80. The fourth-order valence-corrected chi connectivity index (χ4v) is 2.10. The Hall–Kier alpha value is -1.12. The lowest BCUT2D eigenvalue weighted by atomic mass is 10.1. The monoisotopic (exact) mass is 376 g/mol. The van der Waals surface area contributed by atoms with Crippen molar-refractivity contribution in [3.8, 4) is 0 Å². The maximum Gasteiger partial charge on any atom is 0.243 e. The first-order valence-electron chi connectivity index (χ1n) is 8.78. The highest BCUT2D eigenvalue weighted by atomic mass is 32.1. The number of ether oxygens (including phenoxy) is 2. The van der Waals surface area contributed by atoms with Gasteiger partial charge in [-0.15, -0.1) is 0 Å². The molecular weight excluding hydrogens is 344 g/mol. The first kappa shape index (κ1) is 23.9. The van der Waals surface area contributed by atoms with Gasteiger partial charge < -0.3 is 20.1 Å². The molecule has 0 bridgehead atoms. The van der Waals surface area contributed by atoms with E-state index < -0.39 is 6.04 Å². The van der Waals surface area contributed by atoms with Crippen molar-refractivity contribution in [3.63, 3.8) is 0 Å². The summed E-state index contributed by atoms with van der Waals surface area (Å²) < 4.78 is 10.7. The second kappa shape index (κ2) is 15.2. The Morgan fingerprint density at radius 1 is 1.00 bits per heavy atom. The Morgan fingerprint density at radius 2 is 1.64 bits per heavy atom. The van der Waals surface area contributed by atoms with E-state index in [1.165, 1.54) is 0 Å². The van der Waals surface area contributed by atoms with Gasteiger partial charge >= 0.3 is 0 Å². The van der Waals surface area contributed by atoms with Crippen LogP contribution in [0.25, 0.3) is 0 Å². The van der Waals surface area contributed by atoms with E-state index in [0.29, 0.717) is 45.8 Å². The van der Waals surface area contributed by atoms with E-state index in [0.717, 1.165) is 6.42 Å². The van der Waals surface area contributed by atoms with Crippen molar-refractivity contribution >= 4 is 30.2 Å². The zero-order chi connectivity index (χ0) is 19.1. The summed E-state index contributed by atoms with van der Waals surface area (Å²) >= 11 is 4.09. The van der Waals surface area contributed by atoms with Gasteiger partial charge in [0.2, 0.25) is 11.8 Å². The Kier molecular flexibility index (Phi) is 14.5. The SMILES string of the molecule is CCCC(=O)N[C@@H](CS)C(=O)NCCOCCOCCC(=O)C(C)C. The van der Waals surface area contributed by atoms with Gasteiger partial charge in [0.25, 0.3) is 0 Å². The topological polar surface area (TPSA) is 93.7 Å². The number of rotatable bonds is 15. The third-order valence-electron chi connectivity index (χ3n) is 3.37. The van der Waals surface area contributed by atoms with Gasteiger partial charge in [-0.3, -0.25) is 14.4 Å². The molecule has 146 valence electrons. The molecule has 7 nitrogen and oxygen atoms in total. The van der Waals surface area contributed by atoms with Crippen LogP contribution in [-0.4, -0.2) is 62.4 Å². The number of ketones is 1. The second-order valence-electron chi connectivity index (χ2n) is 5.94. The molecule has 8 heteroatoms. The van der Waals surface area contributed by atoms with Gasteiger partial charge in [-0.2, -0.15) is 12.6 Å². The van der Waals surface area contributed by atoms with Crippen molar-refractivity contribution in [2.24, 2.45) is 5.92 Å². The van der Waals surface area contributed by atoms with Crippen LogP contribution in [0, 0.1) is 5.92 Å². The summed E-state index contributed by atoms with van der Waals surface area (Å²) in [5, 5.41) is 5.34. The van der Waals surface area contributed by atoms with Crippen molar-refractivity contribution in [2.45, 2.75) is 46.1 Å². The van der Waals surface area contributed by atoms with E-state index >= 15 is 0 Å². The molecule has 0 saturated carbocycles. The van der Waals surface area contributed by atoms with Crippen LogP contribution in [-0.2, 0) is 23.9 Å². The van der Waals surface area contributed by atoms with Crippen LogP contribution in [0.5, 0.6) is 0 Å². The molecule has 25 heavy (non-hydrogen) atoms. The predicted molar refractivity (Wildman–Crippen MR) is 99.8 cm³/mol. The van der Waals surface area contributed by atoms with Gasteiger partial charge in [-0.05, 0) is 6.42 Å². The van der Waals surface area contributed by atoms with Gasteiger partial charge in [0.05, 0.1) is 26.4 Å². The number of hydrogen-bond acceptors (Lipinski definition) is 6.